The molecule has 0 unspecified atom stereocenters. The van der Waals surface area contributed by atoms with Crippen molar-refractivity contribution in [3.05, 3.63) is 76.2 Å². The largest absolute Gasteiger partial charge is 0.488 e. The van der Waals surface area contributed by atoms with Gasteiger partial charge in [-0.3, -0.25) is 9.59 Å². The molecule has 38 heavy (non-hydrogen) atoms. The number of rotatable bonds is 10. The number of benzene rings is 2. The lowest BCUT2D eigenvalue weighted by Crippen LogP contribution is -2.50. The summed E-state index contributed by atoms with van der Waals surface area (Å²) in [5, 5.41) is 19.1. The van der Waals surface area contributed by atoms with Crippen LogP contribution in [0.5, 0.6) is 5.75 Å². The van der Waals surface area contributed by atoms with Gasteiger partial charge in [0.15, 0.2) is 0 Å². The van der Waals surface area contributed by atoms with Gasteiger partial charge in [0, 0.05) is 41.0 Å². The maximum absolute atomic E-state index is 13.2. The quantitative estimate of drug-likeness (QED) is 0.296. The van der Waals surface area contributed by atoms with Crippen molar-refractivity contribution in [1.82, 2.24) is 16.0 Å². The summed E-state index contributed by atoms with van der Waals surface area (Å²) < 4.78 is 5.94. The van der Waals surface area contributed by atoms with Crippen molar-refractivity contribution >= 4 is 23.2 Å². The second kappa shape index (κ2) is 11.7. The summed E-state index contributed by atoms with van der Waals surface area (Å²) in [6, 6.07) is 18.4. The number of carboxylic acid groups (broad SMARTS) is 1. The minimum Gasteiger partial charge on any atom is -0.488 e. The molecule has 0 spiro atoms. The van der Waals surface area contributed by atoms with Crippen LogP contribution in [0.3, 0.4) is 0 Å². The first kappa shape index (κ1) is 26.4. The van der Waals surface area contributed by atoms with Crippen molar-refractivity contribution in [1.29, 1.82) is 0 Å². The lowest BCUT2D eigenvalue weighted by atomic mass is 10.0. The average Bonchev–Trinajstić information content (AvgIpc) is 3.56. The summed E-state index contributed by atoms with van der Waals surface area (Å²) in [6.07, 6.45) is 2.53. The molecule has 3 atom stereocenters. The van der Waals surface area contributed by atoms with Crippen molar-refractivity contribution in [2.24, 2.45) is 5.92 Å². The summed E-state index contributed by atoms with van der Waals surface area (Å²) in [5.41, 5.74) is 3.70. The number of aryl methyl sites for hydroxylation is 1. The van der Waals surface area contributed by atoms with Crippen molar-refractivity contribution in [3.63, 3.8) is 0 Å². The van der Waals surface area contributed by atoms with Gasteiger partial charge < -0.3 is 25.8 Å². The second-order valence-corrected chi connectivity index (χ2v) is 11.6. The molecule has 1 saturated heterocycles. The van der Waals surface area contributed by atoms with Crippen LogP contribution in [0.1, 0.15) is 58.6 Å². The smallest absolute Gasteiger partial charge is 0.306 e. The van der Waals surface area contributed by atoms with Gasteiger partial charge in [-0.2, -0.15) is 0 Å². The number of aliphatic carboxylic acids is 1. The third-order valence-corrected chi connectivity index (χ3v) is 8.66. The molecule has 2 fully saturated rings. The molecule has 2 heterocycles. The zero-order chi connectivity index (χ0) is 26.6. The van der Waals surface area contributed by atoms with E-state index in [1.54, 1.807) is 11.3 Å². The minimum atomic E-state index is -0.683. The van der Waals surface area contributed by atoms with Gasteiger partial charge in [-0.15, -0.1) is 11.3 Å². The number of nitrogens with one attached hydrogen (secondary N) is 3. The monoisotopic (exact) mass is 533 g/mol. The number of carbonyl (C=O) groups is 2. The van der Waals surface area contributed by atoms with E-state index in [0.717, 1.165) is 54.9 Å². The Morgan fingerprint density at radius 1 is 1.13 bits per heavy atom. The number of hydrogen-bond donors (Lipinski definition) is 4. The van der Waals surface area contributed by atoms with Gasteiger partial charge in [-0.25, -0.2) is 0 Å². The summed E-state index contributed by atoms with van der Waals surface area (Å²) >= 11 is 1.74. The number of hydrogen-bond acceptors (Lipinski definition) is 6. The maximum Gasteiger partial charge on any atom is 0.306 e. The van der Waals surface area contributed by atoms with Gasteiger partial charge in [0.1, 0.15) is 11.9 Å². The Labute approximate surface area is 227 Å². The Morgan fingerprint density at radius 3 is 2.71 bits per heavy atom. The maximum atomic E-state index is 13.2. The van der Waals surface area contributed by atoms with Crippen molar-refractivity contribution in [3.8, 4) is 16.2 Å². The van der Waals surface area contributed by atoms with Crippen LogP contribution < -0.4 is 20.7 Å². The lowest BCUT2D eigenvalue weighted by molar-refractivity contribution is -0.141. The van der Waals surface area contributed by atoms with Crippen LogP contribution in [-0.4, -0.2) is 42.2 Å². The SMILES string of the molecule is Cc1ccc(OC2CNC2)cc1C(=O)N[C@H](C)c1cccc(-c2ccc(CN[C@H]3CC[C@@H](C(=O)O)C3)s2)c1. The predicted molar refractivity (Wildman–Crippen MR) is 150 cm³/mol. The van der Waals surface area contributed by atoms with Crippen LogP contribution in [0.15, 0.2) is 54.6 Å². The van der Waals surface area contributed by atoms with Crippen LogP contribution in [-0.2, 0) is 11.3 Å². The Kier molecular flexibility index (Phi) is 8.12. The Morgan fingerprint density at radius 2 is 1.97 bits per heavy atom. The highest BCUT2D eigenvalue weighted by Crippen LogP contribution is 2.31. The molecule has 0 radical (unpaired) electrons. The highest BCUT2D eigenvalue weighted by atomic mass is 32.1. The third kappa shape index (κ3) is 6.26. The van der Waals surface area contributed by atoms with E-state index in [0.29, 0.717) is 12.0 Å². The molecule has 2 aromatic carbocycles. The van der Waals surface area contributed by atoms with E-state index in [1.165, 1.54) is 9.75 Å². The molecule has 1 amide bonds. The summed E-state index contributed by atoms with van der Waals surface area (Å²) in [5.74, 6) is -0.293. The molecule has 1 aliphatic heterocycles. The lowest BCUT2D eigenvalue weighted by Gasteiger charge is -2.28. The van der Waals surface area contributed by atoms with E-state index in [2.05, 4.69) is 40.2 Å². The molecule has 1 saturated carbocycles. The van der Waals surface area contributed by atoms with Crippen molar-refractivity contribution in [2.75, 3.05) is 13.1 Å². The van der Waals surface area contributed by atoms with E-state index in [4.69, 9.17) is 4.74 Å². The van der Waals surface area contributed by atoms with Gasteiger partial charge in [0.05, 0.1) is 12.0 Å². The topological polar surface area (TPSA) is 99.7 Å². The van der Waals surface area contributed by atoms with Gasteiger partial charge in [-0.1, -0.05) is 24.3 Å². The molecule has 1 aliphatic carbocycles. The first-order valence-electron chi connectivity index (χ1n) is 13.3. The Balaban J connectivity index is 1.20. The number of ether oxygens (including phenoxy) is 1. The molecule has 2 aliphatic rings. The van der Waals surface area contributed by atoms with E-state index in [1.807, 2.05) is 44.2 Å². The van der Waals surface area contributed by atoms with E-state index < -0.39 is 5.97 Å². The second-order valence-electron chi connectivity index (χ2n) is 10.4. The van der Waals surface area contributed by atoms with Gasteiger partial charge in [0.2, 0.25) is 0 Å². The Hall–Kier alpha value is -3.20. The number of carbonyl (C=O) groups excluding carboxylic acids is 1. The van der Waals surface area contributed by atoms with Crippen molar-refractivity contribution in [2.45, 2.75) is 57.8 Å². The van der Waals surface area contributed by atoms with Crippen LogP contribution in [0.25, 0.3) is 10.4 Å². The molecule has 5 rings (SSSR count). The van der Waals surface area contributed by atoms with Crippen LogP contribution in [0.2, 0.25) is 0 Å². The number of carboxylic acids is 1. The molecule has 8 heteroatoms. The first-order valence-corrected chi connectivity index (χ1v) is 14.1. The molecule has 7 nitrogen and oxygen atoms in total. The molecule has 1 aromatic heterocycles. The van der Waals surface area contributed by atoms with Gasteiger partial charge in [0.25, 0.3) is 5.91 Å². The average molecular weight is 534 g/mol. The summed E-state index contributed by atoms with van der Waals surface area (Å²) in [7, 11) is 0. The van der Waals surface area contributed by atoms with E-state index in [-0.39, 0.29) is 30.0 Å². The standard InChI is InChI=1S/C30H35N3O4S/c1-18-6-9-24(37-25-15-31-16-25)14-27(18)29(34)33-19(2)20-4-3-5-21(12-20)28-11-10-26(38-28)17-32-23-8-7-22(13-23)30(35)36/h3-6,9-12,14,19,22-23,25,31-32H,7-8,13,15-17H2,1-2H3,(H,33,34)(H,35,36)/t19-,22-,23+/m1/s1. The van der Waals surface area contributed by atoms with Gasteiger partial charge >= 0.3 is 5.97 Å². The van der Waals surface area contributed by atoms with Crippen LogP contribution in [0, 0.1) is 12.8 Å². The number of thiophene rings is 1. The fraction of sp³-hybridized carbons (Fsp3) is 0.400. The third-order valence-electron chi connectivity index (χ3n) is 7.53. The Bertz CT molecular complexity index is 1300. The zero-order valence-corrected chi connectivity index (χ0v) is 22.6. The fourth-order valence-corrected chi connectivity index (χ4v) is 6.00. The minimum absolute atomic E-state index is 0.112. The summed E-state index contributed by atoms with van der Waals surface area (Å²) in [4.78, 5) is 26.8. The van der Waals surface area contributed by atoms with E-state index in [9.17, 15) is 14.7 Å². The highest BCUT2D eigenvalue weighted by molar-refractivity contribution is 7.15. The molecule has 0 bridgehead atoms. The molecule has 200 valence electrons. The summed E-state index contributed by atoms with van der Waals surface area (Å²) in [6.45, 7) is 6.35. The first-order chi connectivity index (χ1) is 18.4. The molecule has 3 aromatic rings. The highest BCUT2D eigenvalue weighted by Gasteiger charge is 2.29. The molecule has 4 N–H and O–H groups in total. The number of amides is 1. The fourth-order valence-electron chi connectivity index (χ4n) is 5.04. The van der Waals surface area contributed by atoms with E-state index >= 15 is 0 Å². The van der Waals surface area contributed by atoms with Crippen molar-refractivity contribution < 1.29 is 19.4 Å². The predicted octanol–water partition coefficient (Wildman–Crippen LogP) is 4.91. The zero-order valence-electron chi connectivity index (χ0n) is 21.8. The van der Waals surface area contributed by atoms with Crippen LogP contribution in [0.4, 0.5) is 0 Å². The van der Waals surface area contributed by atoms with Crippen LogP contribution >= 0.6 is 11.3 Å². The normalized spacial score (nSPS) is 20.1. The molecular weight excluding hydrogens is 498 g/mol. The van der Waals surface area contributed by atoms with Gasteiger partial charge in [-0.05, 0) is 80.1 Å². The molecular formula is C30H35N3O4S.